The molecule has 1 saturated carbocycles. The molecular formula is C30H29N5O5. The van der Waals surface area contributed by atoms with Crippen molar-refractivity contribution in [2.75, 3.05) is 6.61 Å². The Kier molecular flexibility index (Phi) is 9.20. The molecule has 3 aromatic rings. The molecule has 1 aromatic heterocycles. The minimum absolute atomic E-state index is 0.0661. The van der Waals surface area contributed by atoms with Crippen LogP contribution in [-0.2, 0) is 32.1 Å². The van der Waals surface area contributed by atoms with Gasteiger partial charge < -0.3 is 20.7 Å². The van der Waals surface area contributed by atoms with Crippen LogP contribution in [0, 0.1) is 11.3 Å². The molecule has 3 N–H and O–H groups in total. The van der Waals surface area contributed by atoms with Crippen LogP contribution in [0.1, 0.15) is 36.1 Å². The zero-order valence-electron chi connectivity index (χ0n) is 21.8. The molecule has 1 atom stereocenters. The molecule has 0 aliphatic heterocycles. The first-order chi connectivity index (χ1) is 19.4. The van der Waals surface area contributed by atoms with Gasteiger partial charge in [-0.05, 0) is 61.2 Å². The number of Topliss-reactive ketones (excluding diaryl/α,β-unsaturated/α-hetero) is 1. The predicted octanol–water partition coefficient (Wildman–Crippen LogP) is 1.98. The van der Waals surface area contributed by atoms with Crippen LogP contribution in [0.5, 0.6) is 5.75 Å². The number of rotatable bonds is 12. The number of nitrogens with one attached hydrogen (secondary N) is 3. The van der Waals surface area contributed by atoms with Gasteiger partial charge in [-0.3, -0.25) is 24.2 Å². The fourth-order valence-electron chi connectivity index (χ4n) is 4.29. The van der Waals surface area contributed by atoms with Crippen LogP contribution in [0.4, 0.5) is 0 Å². The average molecular weight is 540 g/mol. The maximum atomic E-state index is 13.4. The highest BCUT2D eigenvalue weighted by Gasteiger charge is 2.46. The molecule has 0 unspecified atom stereocenters. The summed E-state index contributed by atoms with van der Waals surface area (Å²) < 4.78 is 5.49. The first kappa shape index (κ1) is 28.0. The minimum atomic E-state index is -1.20. The van der Waals surface area contributed by atoms with Gasteiger partial charge in [0.05, 0.1) is 23.9 Å². The molecule has 0 saturated heterocycles. The Bertz CT molecular complexity index is 1380. The number of hydrogen-bond donors (Lipinski definition) is 3. The van der Waals surface area contributed by atoms with Crippen molar-refractivity contribution >= 4 is 23.5 Å². The molecule has 2 aromatic carbocycles. The molecule has 3 amide bonds. The fraction of sp³-hybridized carbons (Fsp3) is 0.267. The first-order valence-electron chi connectivity index (χ1n) is 12.9. The summed E-state index contributed by atoms with van der Waals surface area (Å²) in [6.07, 6.45) is 3.18. The van der Waals surface area contributed by atoms with E-state index < -0.39 is 35.1 Å². The van der Waals surface area contributed by atoms with E-state index in [0.717, 1.165) is 5.56 Å². The zero-order chi connectivity index (χ0) is 28.4. The lowest BCUT2D eigenvalue weighted by Gasteiger charge is -2.41. The van der Waals surface area contributed by atoms with Crippen molar-refractivity contribution < 1.29 is 23.9 Å². The standard InChI is InChI=1S/C30H29N5O5/c31-18-22-10-12-24(13-11-22)40-20-26(36)35-30(14-6-15-30)29(39)34-25(17-21-7-2-1-3-8-21)27(37)28(38)33-19-23-9-4-5-16-32-23/h1-5,7-13,16,25H,6,14-15,17,19-20H2,(H,33,38)(H,34,39)(H,35,36)/t25-/m1/s1. The Morgan fingerprint density at radius 3 is 2.33 bits per heavy atom. The summed E-state index contributed by atoms with van der Waals surface area (Å²) in [5.41, 5.74) is 0.616. The van der Waals surface area contributed by atoms with Gasteiger partial charge in [0.25, 0.3) is 11.8 Å². The highest BCUT2D eigenvalue weighted by Crippen LogP contribution is 2.32. The fourth-order valence-corrected chi connectivity index (χ4v) is 4.29. The molecule has 10 nitrogen and oxygen atoms in total. The predicted molar refractivity (Wildman–Crippen MR) is 145 cm³/mol. The second-order valence-corrected chi connectivity index (χ2v) is 9.49. The molecule has 0 bridgehead atoms. The molecule has 10 heteroatoms. The van der Waals surface area contributed by atoms with E-state index in [1.54, 1.807) is 72.9 Å². The van der Waals surface area contributed by atoms with Gasteiger partial charge in [0.1, 0.15) is 17.3 Å². The van der Waals surface area contributed by atoms with Gasteiger partial charge in [0.2, 0.25) is 11.7 Å². The lowest BCUT2D eigenvalue weighted by Crippen LogP contribution is -2.65. The highest BCUT2D eigenvalue weighted by molar-refractivity contribution is 6.38. The van der Waals surface area contributed by atoms with Crippen LogP contribution in [0.3, 0.4) is 0 Å². The van der Waals surface area contributed by atoms with Crippen molar-refractivity contribution in [3.63, 3.8) is 0 Å². The summed E-state index contributed by atoms with van der Waals surface area (Å²) in [5.74, 6) is -2.26. The van der Waals surface area contributed by atoms with E-state index in [2.05, 4.69) is 20.9 Å². The van der Waals surface area contributed by atoms with Crippen LogP contribution < -0.4 is 20.7 Å². The number of nitrogens with zero attached hydrogens (tertiary/aromatic N) is 2. The summed E-state index contributed by atoms with van der Waals surface area (Å²) >= 11 is 0. The topological polar surface area (TPSA) is 150 Å². The van der Waals surface area contributed by atoms with Crippen molar-refractivity contribution in [1.29, 1.82) is 5.26 Å². The second kappa shape index (κ2) is 13.2. The molecule has 0 radical (unpaired) electrons. The van der Waals surface area contributed by atoms with E-state index in [-0.39, 0.29) is 19.6 Å². The summed E-state index contributed by atoms with van der Waals surface area (Å²) in [6, 6.07) is 21.5. The normalized spacial score (nSPS) is 14.0. The third-order valence-electron chi connectivity index (χ3n) is 6.66. The van der Waals surface area contributed by atoms with Gasteiger partial charge in [0, 0.05) is 12.6 Å². The van der Waals surface area contributed by atoms with Crippen LogP contribution in [0.2, 0.25) is 0 Å². The maximum absolute atomic E-state index is 13.4. The van der Waals surface area contributed by atoms with Gasteiger partial charge in [-0.25, -0.2) is 0 Å². The summed E-state index contributed by atoms with van der Waals surface area (Å²) in [6.45, 7) is -0.264. The zero-order valence-corrected chi connectivity index (χ0v) is 21.8. The quantitative estimate of drug-likeness (QED) is 0.298. The van der Waals surface area contributed by atoms with E-state index in [0.29, 0.717) is 36.3 Å². The SMILES string of the molecule is N#Cc1ccc(OCC(=O)NC2(C(=O)N[C@H](Cc3ccccc3)C(=O)C(=O)NCc3ccccn3)CCC2)cc1. The van der Waals surface area contributed by atoms with E-state index in [1.165, 1.54) is 0 Å². The summed E-state index contributed by atoms with van der Waals surface area (Å²) in [4.78, 5) is 56.2. The van der Waals surface area contributed by atoms with Crippen LogP contribution >= 0.6 is 0 Å². The number of hydrogen-bond acceptors (Lipinski definition) is 7. The molecule has 1 heterocycles. The van der Waals surface area contributed by atoms with Crippen LogP contribution in [-0.4, -0.2) is 46.7 Å². The second-order valence-electron chi connectivity index (χ2n) is 9.49. The van der Waals surface area contributed by atoms with Crippen LogP contribution in [0.25, 0.3) is 0 Å². The monoisotopic (exact) mass is 539 g/mol. The van der Waals surface area contributed by atoms with E-state index >= 15 is 0 Å². The molecule has 1 fully saturated rings. The first-order valence-corrected chi connectivity index (χ1v) is 12.9. The minimum Gasteiger partial charge on any atom is -0.484 e. The van der Waals surface area contributed by atoms with Crippen molar-refractivity contribution in [3.05, 3.63) is 95.8 Å². The molecule has 0 spiro atoms. The van der Waals surface area contributed by atoms with Crippen molar-refractivity contribution in [2.24, 2.45) is 0 Å². The molecule has 40 heavy (non-hydrogen) atoms. The van der Waals surface area contributed by atoms with Gasteiger partial charge in [-0.15, -0.1) is 0 Å². The third-order valence-corrected chi connectivity index (χ3v) is 6.66. The Labute approximate surface area is 231 Å². The van der Waals surface area contributed by atoms with Crippen molar-refractivity contribution in [2.45, 2.75) is 43.8 Å². The Morgan fingerprint density at radius 2 is 1.70 bits per heavy atom. The number of ether oxygens (including phenoxy) is 1. The third kappa shape index (κ3) is 7.29. The van der Waals surface area contributed by atoms with Gasteiger partial charge >= 0.3 is 0 Å². The van der Waals surface area contributed by atoms with Crippen molar-refractivity contribution in [3.8, 4) is 11.8 Å². The lowest BCUT2D eigenvalue weighted by molar-refractivity contribution is -0.143. The van der Waals surface area contributed by atoms with Gasteiger partial charge in [-0.2, -0.15) is 5.26 Å². The number of nitriles is 1. The van der Waals surface area contributed by atoms with E-state index in [1.807, 2.05) is 12.1 Å². The van der Waals surface area contributed by atoms with Crippen LogP contribution in [0.15, 0.2) is 79.0 Å². The number of pyridine rings is 1. The largest absolute Gasteiger partial charge is 0.484 e. The van der Waals surface area contributed by atoms with E-state index in [9.17, 15) is 19.2 Å². The molecule has 204 valence electrons. The Hall–Kier alpha value is -5.04. The Morgan fingerprint density at radius 1 is 0.975 bits per heavy atom. The number of carbonyl (C=O) groups excluding carboxylic acids is 4. The Balaban J connectivity index is 1.40. The molecule has 1 aliphatic rings. The maximum Gasteiger partial charge on any atom is 0.289 e. The van der Waals surface area contributed by atoms with Gasteiger partial charge in [-0.1, -0.05) is 36.4 Å². The molecule has 4 rings (SSSR count). The average Bonchev–Trinajstić information content (AvgIpc) is 2.97. The summed E-state index contributed by atoms with van der Waals surface area (Å²) in [7, 11) is 0. The number of aromatic nitrogens is 1. The number of benzene rings is 2. The van der Waals surface area contributed by atoms with E-state index in [4.69, 9.17) is 10.00 Å². The highest BCUT2D eigenvalue weighted by atomic mass is 16.5. The smallest absolute Gasteiger partial charge is 0.289 e. The number of carbonyl (C=O) groups is 4. The lowest BCUT2D eigenvalue weighted by atomic mass is 9.75. The number of amides is 3. The number of ketones is 1. The van der Waals surface area contributed by atoms with Crippen molar-refractivity contribution in [1.82, 2.24) is 20.9 Å². The summed E-state index contributed by atoms with van der Waals surface area (Å²) in [5, 5.41) is 17.0. The molecular weight excluding hydrogens is 510 g/mol. The molecule has 1 aliphatic carbocycles. The van der Waals surface area contributed by atoms with Gasteiger partial charge in [0.15, 0.2) is 6.61 Å².